The number of hydrogen-bond donors (Lipinski definition) is 2. The van der Waals surface area contributed by atoms with Crippen LogP contribution in [0, 0.1) is 5.92 Å². The minimum Gasteiger partial charge on any atom is -0.342 e. The van der Waals surface area contributed by atoms with Crippen LogP contribution in [-0.2, 0) is 31.4 Å². The van der Waals surface area contributed by atoms with E-state index in [1.54, 1.807) is 4.90 Å². The highest BCUT2D eigenvalue weighted by Gasteiger charge is 2.28. The molecule has 1 fully saturated rings. The smallest absolute Gasteiger partial charge is 0.243 e. The lowest BCUT2D eigenvalue weighted by atomic mass is 10.0. The third kappa shape index (κ3) is 4.40. The maximum atomic E-state index is 12.4. The van der Waals surface area contributed by atoms with E-state index >= 15 is 0 Å². The van der Waals surface area contributed by atoms with E-state index in [4.69, 9.17) is 0 Å². The molecular weight excluding hydrogens is 368 g/mol. The van der Waals surface area contributed by atoms with Crippen molar-refractivity contribution in [2.75, 3.05) is 27.2 Å². The number of rotatable bonds is 6. The second-order valence-electron chi connectivity index (χ2n) is 6.16. The summed E-state index contributed by atoms with van der Waals surface area (Å²) < 4.78 is 54.0. The maximum absolute atomic E-state index is 12.4. The first kappa shape index (κ1) is 19.9. The summed E-state index contributed by atoms with van der Waals surface area (Å²) >= 11 is 0. The Morgan fingerprint density at radius 2 is 1.64 bits per heavy atom. The Balaban J connectivity index is 2.33. The second-order valence-corrected chi connectivity index (χ2v) is 9.87. The fourth-order valence-electron chi connectivity index (χ4n) is 2.85. The van der Waals surface area contributed by atoms with Crippen molar-refractivity contribution in [1.82, 2.24) is 18.9 Å². The minimum atomic E-state index is -3.99. The van der Waals surface area contributed by atoms with Crippen LogP contribution in [0.15, 0.2) is 22.2 Å². The highest BCUT2D eigenvalue weighted by atomic mass is 32.2. The number of nitrogens with one attached hydrogen (secondary N) is 2. The summed E-state index contributed by atoms with van der Waals surface area (Å²) in [5.74, 6) is 0.256. The van der Waals surface area contributed by atoms with Crippen LogP contribution < -0.4 is 9.44 Å². The average Bonchev–Trinajstić information content (AvgIpc) is 3.00. The second kappa shape index (κ2) is 7.44. The molecule has 0 aromatic carbocycles. The van der Waals surface area contributed by atoms with Gasteiger partial charge in [0.1, 0.15) is 16.3 Å². The summed E-state index contributed by atoms with van der Waals surface area (Å²) in [7, 11) is -5.58. The zero-order valence-electron chi connectivity index (χ0n) is 14.5. The van der Waals surface area contributed by atoms with Gasteiger partial charge in [0.05, 0.1) is 0 Å². The molecule has 25 heavy (non-hydrogen) atoms. The topological polar surface area (TPSA) is 118 Å². The third-order valence-corrected chi connectivity index (χ3v) is 7.27. The molecule has 142 valence electrons. The van der Waals surface area contributed by atoms with Crippen molar-refractivity contribution >= 4 is 26.0 Å². The highest BCUT2D eigenvalue weighted by Crippen LogP contribution is 2.22. The summed E-state index contributed by atoms with van der Waals surface area (Å²) in [4.78, 5) is 13.4. The van der Waals surface area contributed by atoms with Crippen molar-refractivity contribution in [1.29, 1.82) is 0 Å². The molecule has 0 spiro atoms. The van der Waals surface area contributed by atoms with E-state index < -0.39 is 20.0 Å². The van der Waals surface area contributed by atoms with Crippen molar-refractivity contribution in [3.8, 4) is 0 Å². The van der Waals surface area contributed by atoms with E-state index in [2.05, 4.69) is 16.4 Å². The van der Waals surface area contributed by atoms with Crippen molar-refractivity contribution in [3.05, 3.63) is 12.4 Å². The molecule has 1 aromatic rings. The number of sulfonamides is 2. The Morgan fingerprint density at radius 3 is 2.08 bits per heavy atom. The summed E-state index contributed by atoms with van der Waals surface area (Å²) in [5.41, 5.74) is 0. The van der Waals surface area contributed by atoms with Gasteiger partial charge in [-0.1, -0.05) is 6.92 Å². The van der Waals surface area contributed by atoms with E-state index in [1.165, 1.54) is 31.1 Å². The Bertz CT molecular complexity index is 793. The van der Waals surface area contributed by atoms with Crippen molar-refractivity contribution in [3.63, 3.8) is 0 Å². The van der Waals surface area contributed by atoms with Crippen LogP contribution >= 0.6 is 0 Å². The molecule has 0 saturated carbocycles. The number of carbonyl (C=O) groups is 1. The number of aromatic nitrogens is 1. The van der Waals surface area contributed by atoms with Gasteiger partial charge in [0.2, 0.25) is 26.0 Å². The first-order chi connectivity index (χ1) is 11.6. The molecule has 2 rings (SSSR count). The van der Waals surface area contributed by atoms with Crippen molar-refractivity contribution < 1.29 is 21.6 Å². The van der Waals surface area contributed by atoms with Gasteiger partial charge in [0.25, 0.3) is 0 Å². The Morgan fingerprint density at radius 1 is 1.12 bits per heavy atom. The SMILES string of the molecule is CNS(=O)(=O)c1cn(CC(=O)N2CCCC(C)C2)cc1S(=O)(=O)NC. The van der Waals surface area contributed by atoms with Gasteiger partial charge in [-0.3, -0.25) is 4.79 Å². The molecule has 2 N–H and O–H groups in total. The van der Waals surface area contributed by atoms with Gasteiger partial charge in [0, 0.05) is 25.5 Å². The molecule has 1 aliphatic heterocycles. The largest absolute Gasteiger partial charge is 0.342 e. The molecule has 1 amide bonds. The van der Waals surface area contributed by atoms with E-state index in [0.717, 1.165) is 12.8 Å². The molecule has 1 atom stereocenters. The molecule has 0 aliphatic carbocycles. The monoisotopic (exact) mass is 392 g/mol. The van der Waals surface area contributed by atoms with Crippen LogP contribution in [0.1, 0.15) is 19.8 Å². The molecule has 11 heteroatoms. The number of carbonyl (C=O) groups excluding carboxylic acids is 1. The number of amides is 1. The van der Waals surface area contributed by atoms with Crippen LogP contribution in [-0.4, -0.2) is 59.4 Å². The minimum absolute atomic E-state index is 0.113. The van der Waals surface area contributed by atoms with Gasteiger partial charge in [-0.25, -0.2) is 26.3 Å². The fraction of sp³-hybridized carbons (Fsp3) is 0.643. The zero-order valence-corrected chi connectivity index (χ0v) is 16.2. The lowest BCUT2D eigenvalue weighted by Crippen LogP contribution is -2.40. The standard InChI is InChI=1S/C14H24N4O5S2/c1-11-5-4-6-18(7-11)14(19)10-17-8-12(24(20,21)15-2)13(9-17)25(22,23)16-3/h8-9,11,15-16H,4-7,10H2,1-3H3. The summed E-state index contributed by atoms with van der Waals surface area (Å²) in [6, 6.07) is 0. The van der Waals surface area contributed by atoms with E-state index in [0.29, 0.717) is 19.0 Å². The molecule has 1 unspecified atom stereocenters. The summed E-state index contributed by atoms with van der Waals surface area (Å²) in [5, 5.41) is 0. The van der Waals surface area contributed by atoms with Crippen LogP contribution in [0.4, 0.5) is 0 Å². The molecule has 9 nitrogen and oxygen atoms in total. The van der Waals surface area contributed by atoms with Crippen molar-refractivity contribution in [2.45, 2.75) is 36.1 Å². The maximum Gasteiger partial charge on any atom is 0.243 e. The normalized spacial score (nSPS) is 19.2. The van der Waals surface area contributed by atoms with Gasteiger partial charge in [-0.15, -0.1) is 0 Å². The lowest BCUT2D eigenvalue weighted by Gasteiger charge is -2.31. The number of hydrogen-bond acceptors (Lipinski definition) is 5. The zero-order chi connectivity index (χ0) is 18.8. The molecule has 1 saturated heterocycles. The van der Waals surface area contributed by atoms with Crippen LogP contribution in [0.5, 0.6) is 0 Å². The van der Waals surface area contributed by atoms with Gasteiger partial charge in [0.15, 0.2) is 0 Å². The van der Waals surface area contributed by atoms with Crippen LogP contribution in [0.25, 0.3) is 0 Å². The first-order valence-electron chi connectivity index (χ1n) is 7.95. The number of piperidine rings is 1. The number of nitrogens with zero attached hydrogens (tertiary/aromatic N) is 2. The molecule has 1 aromatic heterocycles. The number of likely N-dealkylation sites (tertiary alicyclic amines) is 1. The molecule has 0 radical (unpaired) electrons. The van der Waals surface area contributed by atoms with Gasteiger partial charge in [-0.2, -0.15) is 0 Å². The lowest BCUT2D eigenvalue weighted by molar-refractivity contribution is -0.133. The van der Waals surface area contributed by atoms with Crippen LogP contribution in [0.3, 0.4) is 0 Å². The molecule has 2 heterocycles. The first-order valence-corrected chi connectivity index (χ1v) is 10.9. The summed E-state index contributed by atoms with van der Waals surface area (Å²) in [6.45, 7) is 3.28. The summed E-state index contributed by atoms with van der Waals surface area (Å²) in [6.07, 6.45) is 4.34. The Labute approximate surface area is 148 Å². The predicted molar refractivity (Wildman–Crippen MR) is 91.9 cm³/mol. The third-order valence-electron chi connectivity index (χ3n) is 4.25. The van der Waals surface area contributed by atoms with E-state index in [9.17, 15) is 21.6 Å². The van der Waals surface area contributed by atoms with Gasteiger partial charge >= 0.3 is 0 Å². The Hall–Kier alpha value is -1.43. The van der Waals surface area contributed by atoms with E-state index in [1.807, 2.05) is 0 Å². The van der Waals surface area contributed by atoms with Gasteiger partial charge < -0.3 is 9.47 Å². The van der Waals surface area contributed by atoms with Gasteiger partial charge in [-0.05, 0) is 32.9 Å². The molecule has 0 bridgehead atoms. The van der Waals surface area contributed by atoms with Crippen LogP contribution in [0.2, 0.25) is 0 Å². The highest BCUT2D eigenvalue weighted by molar-refractivity contribution is 7.92. The molecule has 1 aliphatic rings. The fourth-order valence-corrected chi connectivity index (χ4v) is 5.13. The average molecular weight is 393 g/mol. The van der Waals surface area contributed by atoms with E-state index in [-0.39, 0.29) is 22.2 Å². The predicted octanol–water partition coefficient (Wildman–Crippen LogP) is -0.437. The Kier molecular flexibility index (Phi) is 5.92. The van der Waals surface area contributed by atoms with Crippen molar-refractivity contribution in [2.24, 2.45) is 5.92 Å². The molecular formula is C14H24N4O5S2. The quantitative estimate of drug-likeness (QED) is 0.681.